The summed E-state index contributed by atoms with van der Waals surface area (Å²) in [5, 5.41) is 6.15. The van der Waals surface area contributed by atoms with Gasteiger partial charge in [0.1, 0.15) is 9.90 Å². The zero-order valence-corrected chi connectivity index (χ0v) is 12.1. The highest BCUT2D eigenvalue weighted by atomic mass is 32.2. The van der Waals surface area contributed by atoms with Crippen molar-refractivity contribution < 1.29 is 13.2 Å². The van der Waals surface area contributed by atoms with Crippen LogP contribution in [0.3, 0.4) is 0 Å². The first kappa shape index (κ1) is 14.1. The van der Waals surface area contributed by atoms with Crippen LogP contribution < -0.4 is 16.4 Å². The SMILES string of the molecule is CS(=O)(=O)c1c(N)nsc1NCCC(=O)NC1CC1. The minimum atomic E-state index is -3.42. The molecule has 1 aliphatic rings. The summed E-state index contributed by atoms with van der Waals surface area (Å²) in [5.74, 6) is -0.0363. The number of hydrogen-bond acceptors (Lipinski definition) is 7. The third-order valence-corrected chi connectivity index (χ3v) is 4.73. The standard InChI is InChI=1S/C10H16N4O3S2/c1-19(16,17)8-9(11)14-18-10(8)12-5-4-7(15)13-6-2-3-6/h6,12H,2-5H2,1H3,(H2,11,14)(H,13,15). The molecule has 9 heteroatoms. The number of nitrogens with one attached hydrogen (secondary N) is 2. The van der Waals surface area contributed by atoms with Gasteiger partial charge in [-0.15, -0.1) is 0 Å². The van der Waals surface area contributed by atoms with Crippen molar-refractivity contribution in [1.82, 2.24) is 9.69 Å². The second-order valence-electron chi connectivity index (χ2n) is 4.52. The number of anilines is 2. The van der Waals surface area contributed by atoms with Crippen LogP contribution in [0.25, 0.3) is 0 Å². The maximum absolute atomic E-state index is 11.6. The van der Waals surface area contributed by atoms with E-state index in [9.17, 15) is 13.2 Å². The average Bonchev–Trinajstić information content (AvgIpc) is 2.99. The number of carbonyl (C=O) groups is 1. The van der Waals surface area contributed by atoms with E-state index >= 15 is 0 Å². The highest BCUT2D eigenvalue weighted by Crippen LogP contribution is 2.31. The summed E-state index contributed by atoms with van der Waals surface area (Å²) >= 11 is 0.984. The lowest BCUT2D eigenvalue weighted by Gasteiger charge is -2.06. The number of aromatic nitrogens is 1. The quantitative estimate of drug-likeness (QED) is 0.692. The van der Waals surface area contributed by atoms with Crippen molar-refractivity contribution in [3.63, 3.8) is 0 Å². The van der Waals surface area contributed by atoms with Gasteiger partial charge >= 0.3 is 0 Å². The van der Waals surface area contributed by atoms with E-state index in [0.717, 1.165) is 30.6 Å². The third kappa shape index (κ3) is 3.80. The van der Waals surface area contributed by atoms with Crippen LogP contribution in [0, 0.1) is 0 Å². The lowest BCUT2D eigenvalue weighted by atomic mass is 10.4. The van der Waals surface area contributed by atoms with E-state index in [0.29, 0.717) is 17.6 Å². The fourth-order valence-corrected chi connectivity index (χ4v) is 3.68. The van der Waals surface area contributed by atoms with Crippen molar-refractivity contribution in [3.8, 4) is 0 Å². The summed E-state index contributed by atoms with van der Waals surface area (Å²) in [5.41, 5.74) is 5.53. The Balaban J connectivity index is 1.90. The molecule has 1 aromatic rings. The first-order valence-electron chi connectivity index (χ1n) is 5.86. The van der Waals surface area contributed by atoms with Gasteiger partial charge in [0.2, 0.25) is 5.91 Å². The van der Waals surface area contributed by atoms with Gasteiger partial charge in [-0.2, -0.15) is 4.37 Å². The summed E-state index contributed by atoms with van der Waals surface area (Å²) in [6, 6.07) is 0.332. The van der Waals surface area contributed by atoms with Gasteiger partial charge in [-0.05, 0) is 24.4 Å². The number of sulfone groups is 1. The number of nitrogens with zero attached hydrogens (tertiary/aromatic N) is 1. The predicted molar refractivity (Wildman–Crippen MR) is 73.9 cm³/mol. The molecule has 0 atom stereocenters. The topological polar surface area (TPSA) is 114 Å². The molecule has 2 rings (SSSR count). The lowest BCUT2D eigenvalue weighted by Crippen LogP contribution is -2.27. The first-order valence-corrected chi connectivity index (χ1v) is 8.53. The van der Waals surface area contributed by atoms with Gasteiger partial charge in [0, 0.05) is 25.3 Å². The highest BCUT2D eigenvalue weighted by Gasteiger charge is 2.23. The van der Waals surface area contributed by atoms with Crippen LogP contribution in [0.2, 0.25) is 0 Å². The van der Waals surface area contributed by atoms with Crippen molar-refractivity contribution >= 4 is 38.1 Å². The number of hydrogen-bond donors (Lipinski definition) is 3. The number of amides is 1. The Morgan fingerprint density at radius 1 is 1.53 bits per heavy atom. The van der Waals surface area contributed by atoms with Crippen molar-refractivity contribution in [2.45, 2.75) is 30.2 Å². The van der Waals surface area contributed by atoms with Gasteiger partial charge in [0.15, 0.2) is 15.7 Å². The molecule has 1 heterocycles. The fraction of sp³-hybridized carbons (Fsp3) is 0.600. The van der Waals surface area contributed by atoms with Gasteiger partial charge < -0.3 is 16.4 Å². The molecule has 1 saturated carbocycles. The molecule has 1 amide bonds. The van der Waals surface area contributed by atoms with Crippen LogP contribution >= 0.6 is 11.5 Å². The largest absolute Gasteiger partial charge is 0.382 e. The molecular formula is C10H16N4O3S2. The molecule has 0 aliphatic heterocycles. The van der Waals surface area contributed by atoms with Gasteiger partial charge in [0.25, 0.3) is 0 Å². The van der Waals surface area contributed by atoms with E-state index in [2.05, 4.69) is 15.0 Å². The Morgan fingerprint density at radius 2 is 2.21 bits per heavy atom. The molecule has 0 bridgehead atoms. The van der Waals surface area contributed by atoms with Crippen molar-refractivity contribution in [3.05, 3.63) is 0 Å². The van der Waals surface area contributed by atoms with E-state index in [1.807, 2.05) is 0 Å². The average molecular weight is 304 g/mol. The number of nitrogens with two attached hydrogens (primary N) is 1. The van der Waals surface area contributed by atoms with Crippen LogP contribution in [0.1, 0.15) is 19.3 Å². The van der Waals surface area contributed by atoms with E-state index in [1.54, 1.807) is 0 Å². The maximum atomic E-state index is 11.6. The smallest absolute Gasteiger partial charge is 0.221 e. The molecule has 7 nitrogen and oxygen atoms in total. The molecule has 1 aromatic heterocycles. The summed E-state index contributed by atoms with van der Waals surface area (Å²) in [6.07, 6.45) is 3.46. The molecular weight excluding hydrogens is 288 g/mol. The molecule has 0 radical (unpaired) electrons. The fourth-order valence-electron chi connectivity index (χ4n) is 1.58. The number of rotatable bonds is 6. The van der Waals surface area contributed by atoms with Gasteiger partial charge in [-0.3, -0.25) is 4.79 Å². The zero-order chi connectivity index (χ0) is 14.0. The van der Waals surface area contributed by atoms with Gasteiger partial charge in [-0.1, -0.05) is 0 Å². The Labute approximate surface area is 115 Å². The van der Waals surface area contributed by atoms with Crippen molar-refractivity contribution in [2.24, 2.45) is 0 Å². The second kappa shape index (κ2) is 5.33. The molecule has 106 valence electrons. The minimum Gasteiger partial charge on any atom is -0.382 e. The Hall–Kier alpha value is -1.35. The van der Waals surface area contributed by atoms with E-state index in [4.69, 9.17) is 5.73 Å². The molecule has 1 fully saturated rings. The molecule has 1 aliphatic carbocycles. The Bertz CT molecular complexity index is 578. The zero-order valence-electron chi connectivity index (χ0n) is 10.5. The number of nitrogen functional groups attached to an aromatic ring is 1. The molecule has 0 aromatic carbocycles. The summed E-state index contributed by atoms with van der Waals surface area (Å²) in [6.45, 7) is 0.350. The Morgan fingerprint density at radius 3 is 2.79 bits per heavy atom. The molecule has 4 N–H and O–H groups in total. The van der Waals surface area contributed by atoms with Crippen molar-refractivity contribution in [1.29, 1.82) is 0 Å². The van der Waals surface area contributed by atoms with E-state index in [1.165, 1.54) is 0 Å². The molecule has 19 heavy (non-hydrogen) atoms. The van der Waals surface area contributed by atoms with Crippen LogP contribution in [-0.4, -0.2) is 37.5 Å². The van der Waals surface area contributed by atoms with Crippen LogP contribution in [-0.2, 0) is 14.6 Å². The normalized spacial score (nSPS) is 15.2. The monoisotopic (exact) mass is 304 g/mol. The first-order chi connectivity index (χ1) is 8.88. The van der Waals surface area contributed by atoms with Crippen LogP contribution in [0.4, 0.5) is 10.8 Å². The maximum Gasteiger partial charge on any atom is 0.221 e. The minimum absolute atomic E-state index is 0.00238. The predicted octanol–water partition coefficient (Wildman–Crippen LogP) is 0.209. The summed E-state index contributed by atoms with van der Waals surface area (Å²) in [7, 11) is -3.42. The second-order valence-corrected chi connectivity index (χ2v) is 7.24. The van der Waals surface area contributed by atoms with Crippen LogP contribution in [0.15, 0.2) is 4.90 Å². The van der Waals surface area contributed by atoms with E-state index < -0.39 is 9.84 Å². The Kier molecular flexibility index (Phi) is 3.95. The third-order valence-electron chi connectivity index (χ3n) is 2.63. The van der Waals surface area contributed by atoms with Crippen molar-refractivity contribution in [2.75, 3.05) is 23.9 Å². The van der Waals surface area contributed by atoms with Gasteiger partial charge in [0.05, 0.1) is 0 Å². The highest BCUT2D eigenvalue weighted by molar-refractivity contribution is 7.91. The van der Waals surface area contributed by atoms with E-state index in [-0.39, 0.29) is 23.0 Å². The molecule has 0 spiro atoms. The molecule has 0 saturated heterocycles. The molecule has 0 unspecified atom stereocenters. The summed E-state index contributed by atoms with van der Waals surface area (Å²) in [4.78, 5) is 11.5. The summed E-state index contributed by atoms with van der Waals surface area (Å²) < 4.78 is 26.9. The van der Waals surface area contributed by atoms with Crippen LogP contribution in [0.5, 0.6) is 0 Å². The lowest BCUT2D eigenvalue weighted by molar-refractivity contribution is -0.120. The number of carbonyl (C=O) groups excluding carboxylic acids is 1. The van der Waals surface area contributed by atoms with Gasteiger partial charge in [-0.25, -0.2) is 8.42 Å².